The van der Waals surface area contributed by atoms with E-state index in [1.165, 1.54) is 37.8 Å². The molecule has 18 heavy (non-hydrogen) atoms. The van der Waals surface area contributed by atoms with Crippen LogP contribution in [0.25, 0.3) is 0 Å². The van der Waals surface area contributed by atoms with Gasteiger partial charge in [-0.1, -0.05) is 57.0 Å². The molecule has 3 unspecified atom stereocenters. The zero-order chi connectivity index (χ0) is 12.8. The minimum Gasteiger partial charge on any atom is -0.316 e. The number of nitrogens with one attached hydrogen (secondary N) is 1. The molecule has 1 aliphatic carbocycles. The maximum Gasteiger partial charge on any atom is 0.00176 e. The highest BCUT2D eigenvalue weighted by Crippen LogP contribution is 2.28. The van der Waals surface area contributed by atoms with Gasteiger partial charge in [-0.15, -0.1) is 0 Å². The predicted molar refractivity (Wildman–Crippen MR) is 78.8 cm³/mol. The molecule has 1 aliphatic rings. The molecule has 0 amide bonds. The van der Waals surface area contributed by atoms with Crippen molar-refractivity contribution in [2.45, 2.75) is 45.4 Å². The van der Waals surface area contributed by atoms with Crippen LogP contribution in [0.3, 0.4) is 0 Å². The lowest BCUT2D eigenvalue weighted by Crippen LogP contribution is -2.29. The van der Waals surface area contributed by atoms with Gasteiger partial charge in [-0.3, -0.25) is 0 Å². The van der Waals surface area contributed by atoms with E-state index in [1.54, 1.807) is 0 Å². The highest BCUT2D eigenvalue weighted by molar-refractivity contribution is 5.18. The SMILES string of the molecule is CC1CCCC(CNCC(C)c2ccccc2)C1. The van der Waals surface area contributed by atoms with Gasteiger partial charge in [0.25, 0.3) is 0 Å². The van der Waals surface area contributed by atoms with Gasteiger partial charge in [-0.2, -0.15) is 0 Å². The van der Waals surface area contributed by atoms with Crippen LogP contribution in [-0.2, 0) is 0 Å². The Bertz CT molecular complexity index is 333. The van der Waals surface area contributed by atoms with Gasteiger partial charge >= 0.3 is 0 Å². The van der Waals surface area contributed by atoms with Gasteiger partial charge in [0.15, 0.2) is 0 Å². The third kappa shape index (κ3) is 4.13. The number of hydrogen-bond donors (Lipinski definition) is 1. The first-order chi connectivity index (χ1) is 8.75. The predicted octanol–water partition coefficient (Wildman–Crippen LogP) is 4.21. The third-order valence-electron chi connectivity index (χ3n) is 4.30. The van der Waals surface area contributed by atoms with Crippen molar-refractivity contribution in [3.8, 4) is 0 Å². The molecule has 0 spiro atoms. The largest absolute Gasteiger partial charge is 0.316 e. The smallest absolute Gasteiger partial charge is 0.00176 e. The van der Waals surface area contributed by atoms with Gasteiger partial charge in [0.05, 0.1) is 0 Å². The van der Waals surface area contributed by atoms with Gasteiger partial charge in [-0.05, 0) is 42.7 Å². The molecule has 1 heteroatoms. The van der Waals surface area contributed by atoms with E-state index in [-0.39, 0.29) is 0 Å². The van der Waals surface area contributed by atoms with Crippen LogP contribution in [0.2, 0.25) is 0 Å². The highest BCUT2D eigenvalue weighted by atomic mass is 14.9. The standard InChI is InChI=1S/C17H27N/c1-14-7-6-8-16(11-14)13-18-12-15(2)17-9-4-3-5-10-17/h3-5,9-10,14-16,18H,6-8,11-13H2,1-2H3. The van der Waals surface area contributed by atoms with Crippen LogP contribution in [0.1, 0.15) is 51.0 Å². The lowest BCUT2D eigenvalue weighted by atomic mass is 9.82. The fourth-order valence-corrected chi connectivity index (χ4v) is 3.15. The monoisotopic (exact) mass is 245 g/mol. The molecule has 0 aromatic heterocycles. The number of benzene rings is 1. The molecule has 1 aromatic rings. The molecule has 0 heterocycles. The fourth-order valence-electron chi connectivity index (χ4n) is 3.15. The summed E-state index contributed by atoms with van der Waals surface area (Å²) < 4.78 is 0. The van der Waals surface area contributed by atoms with E-state index < -0.39 is 0 Å². The Morgan fingerprint density at radius 3 is 2.72 bits per heavy atom. The summed E-state index contributed by atoms with van der Waals surface area (Å²) in [7, 11) is 0. The molecule has 0 bridgehead atoms. The van der Waals surface area contributed by atoms with Crippen LogP contribution in [0.4, 0.5) is 0 Å². The maximum absolute atomic E-state index is 3.67. The second-order valence-corrected chi connectivity index (χ2v) is 6.11. The average Bonchev–Trinajstić information content (AvgIpc) is 2.40. The van der Waals surface area contributed by atoms with Crippen molar-refractivity contribution in [2.24, 2.45) is 11.8 Å². The molecule has 1 fully saturated rings. The molecule has 3 atom stereocenters. The van der Waals surface area contributed by atoms with Crippen LogP contribution in [0, 0.1) is 11.8 Å². The normalized spacial score (nSPS) is 25.9. The molecule has 100 valence electrons. The van der Waals surface area contributed by atoms with E-state index in [0.717, 1.165) is 18.4 Å². The molecule has 0 saturated heterocycles. The van der Waals surface area contributed by atoms with E-state index in [0.29, 0.717) is 5.92 Å². The van der Waals surface area contributed by atoms with E-state index in [1.807, 2.05) is 0 Å². The van der Waals surface area contributed by atoms with Crippen molar-refractivity contribution in [1.29, 1.82) is 0 Å². The van der Waals surface area contributed by atoms with Crippen molar-refractivity contribution in [3.63, 3.8) is 0 Å². The summed E-state index contributed by atoms with van der Waals surface area (Å²) in [6.45, 7) is 7.03. The number of hydrogen-bond acceptors (Lipinski definition) is 1. The second-order valence-electron chi connectivity index (χ2n) is 6.11. The Labute approximate surface area is 112 Å². The molecular weight excluding hydrogens is 218 g/mol. The van der Waals surface area contributed by atoms with E-state index in [2.05, 4.69) is 49.5 Å². The summed E-state index contributed by atoms with van der Waals surface area (Å²) in [5.41, 5.74) is 1.45. The van der Waals surface area contributed by atoms with Crippen molar-refractivity contribution in [2.75, 3.05) is 13.1 Å². The lowest BCUT2D eigenvalue weighted by Gasteiger charge is -2.27. The molecule has 1 saturated carbocycles. The third-order valence-corrected chi connectivity index (χ3v) is 4.30. The highest BCUT2D eigenvalue weighted by Gasteiger charge is 2.18. The summed E-state index contributed by atoms with van der Waals surface area (Å²) in [5.74, 6) is 2.47. The van der Waals surface area contributed by atoms with Crippen LogP contribution < -0.4 is 5.32 Å². The minimum atomic E-state index is 0.618. The van der Waals surface area contributed by atoms with Crippen molar-refractivity contribution >= 4 is 0 Å². The van der Waals surface area contributed by atoms with Gasteiger partial charge in [0.2, 0.25) is 0 Å². The molecule has 0 radical (unpaired) electrons. The lowest BCUT2D eigenvalue weighted by molar-refractivity contribution is 0.273. The Balaban J connectivity index is 1.69. The zero-order valence-electron chi connectivity index (χ0n) is 11.9. The van der Waals surface area contributed by atoms with Crippen molar-refractivity contribution < 1.29 is 0 Å². The van der Waals surface area contributed by atoms with Gasteiger partial charge in [-0.25, -0.2) is 0 Å². The summed E-state index contributed by atoms with van der Waals surface area (Å²) in [4.78, 5) is 0. The van der Waals surface area contributed by atoms with Crippen LogP contribution in [0.15, 0.2) is 30.3 Å². The maximum atomic E-state index is 3.67. The molecular formula is C17H27N. The van der Waals surface area contributed by atoms with E-state index in [4.69, 9.17) is 0 Å². The molecule has 2 rings (SSSR count). The first-order valence-electron chi connectivity index (χ1n) is 7.51. The van der Waals surface area contributed by atoms with Crippen LogP contribution in [0.5, 0.6) is 0 Å². The van der Waals surface area contributed by atoms with Gasteiger partial charge in [0, 0.05) is 6.54 Å². The molecule has 1 aromatic carbocycles. The summed E-state index contributed by atoms with van der Waals surface area (Å²) in [6, 6.07) is 10.8. The first kappa shape index (κ1) is 13.6. The fraction of sp³-hybridized carbons (Fsp3) is 0.647. The van der Waals surface area contributed by atoms with Gasteiger partial charge in [0.1, 0.15) is 0 Å². The second kappa shape index (κ2) is 6.94. The summed E-state index contributed by atoms with van der Waals surface area (Å²) in [6.07, 6.45) is 5.72. The number of rotatable bonds is 5. The van der Waals surface area contributed by atoms with Gasteiger partial charge < -0.3 is 5.32 Å². The topological polar surface area (TPSA) is 12.0 Å². The Morgan fingerprint density at radius 2 is 2.00 bits per heavy atom. The van der Waals surface area contributed by atoms with Crippen LogP contribution in [-0.4, -0.2) is 13.1 Å². The van der Waals surface area contributed by atoms with Crippen molar-refractivity contribution in [3.05, 3.63) is 35.9 Å². The summed E-state index contributed by atoms with van der Waals surface area (Å²) >= 11 is 0. The molecule has 0 aliphatic heterocycles. The minimum absolute atomic E-state index is 0.618. The average molecular weight is 245 g/mol. The van der Waals surface area contributed by atoms with Crippen molar-refractivity contribution in [1.82, 2.24) is 5.32 Å². The first-order valence-corrected chi connectivity index (χ1v) is 7.51. The molecule has 1 N–H and O–H groups in total. The van der Waals surface area contributed by atoms with Crippen LogP contribution >= 0.6 is 0 Å². The zero-order valence-corrected chi connectivity index (χ0v) is 11.9. The quantitative estimate of drug-likeness (QED) is 0.819. The Kier molecular flexibility index (Phi) is 5.25. The summed E-state index contributed by atoms with van der Waals surface area (Å²) in [5, 5.41) is 3.67. The van der Waals surface area contributed by atoms with E-state index >= 15 is 0 Å². The van der Waals surface area contributed by atoms with E-state index in [9.17, 15) is 0 Å². The molecule has 1 nitrogen and oxygen atoms in total. The Morgan fingerprint density at radius 1 is 1.22 bits per heavy atom. The Hall–Kier alpha value is -0.820.